The minimum Gasteiger partial charge on any atom is -0.508 e. The Kier molecular flexibility index (Phi) is 4.74. The summed E-state index contributed by atoms with van der Waals surface area (Å²) < 4.78 is 32.1. The third kappa shape index (κ3) is 4.00. The SMILES string of the molecule is O=C(O)CSc1cccc(-c2cc(O)ccc2S(=O)(=O)O)c1. The summed E-state index contributed by atoms with van der Waals surface area (Å²) in [6.07, 6.45) is 0. The number of phenols is 1. The largest absolute Gasteiger partial charge is 0.508 e. The summed E-state index contributed by atoms with van der Waals surface area (Å²) in [5, 5.41) is 18.2. The summed E-state index contributed by atoms with van der Waals surface area (Å²) in [6, 6.07) is 10.0. The highest BCUT2D eigenvalue weighted by atomic mass is 32.2. The molecular weight excluding hydrogens is 328 g/mol. The molecule has 8 heteroatoms. The molecule has 0 heterocycles. The molecule has 0 bridgehead atoms. The van der Waals surface area contributed by atoms with Gasteiger partial charge in [0.05, 0.1) is 5.75 Å². The Morgan fingerprint density at radius 1 is 1.14 bits per heavy atom. The first kappa shape index (κ1) is 16.3. The van der Waals surface area contributed by atoms with Crippen molar-refractivity contribution in [2.45, 2.75) is 9.79 Å². The minimum atomic E-state index is -4.45. The Labute approximate surface area is 131 Å². The maximum atomic E-state index is 11.4. The number of phenolic OH excluding ortho intramolecular Hbond substituents is 1. The Morgan fingerprint density at radius 3 is 2.50 bits per heavy atom. The van der Waals surface area contributed by atoms with Gasteiger partial charge >= 0.3 is 5.97 Å². The second-order valence-corrected chi connectivity index (χ2v) is 6.80. The fourth-order valence-corrected chi connectivity index (χ4v) is 3.24. The molecule has 0 radical (unpaired) electrons. The van der Waals surface area contributed by atoms with Gasteiger partial charge < -0.3 is 10.2 Å². The van der Waals surface area contributed by atoms with Crippen LogP contribution >= 0.6 is 11.8 Å². The molecule has 0 spiro atoms. The van der Waals surface area contributed by atoms with Gasteiger partial charge in [-0.3, -0.25) is 9.35 Å². The minimum absolute atomic E-state index is 0.130. The first-order valence-corrected chi connectivity index (χ1v) is 8.45. The van der Waals surface area contributed by atoms with Gasteiger partial charge in [-0.2, -0.15) is 8.42 Å². The van der Waals surface area contributed by atoms with Gasteiger partial charge in [-0.05, 0) is 35.9 Å². The van der Waals surface area contributed by atoms with Crippen LogP contribution in [0.4, 0.5) is 0 Å². The lowest BCUT2D eigenvalue weighted by molar-refractivity contribution is -0.133. The van der Waals surface area contributed by atoms with Crippen LogP contribution in [0.5, 0.6) is 5.75 Å². The second-order valence-electron chi connectivity index (χ2n) is 4.37. The van der Waals surface area contributed by atoms with E-state index in [-0.39, 0.29) is 22.0 Å². The van der Waals surface area contributed by atoms with Crippen LogP contribution in [-0.4, -0.2) is 34.9 Å². The van der Waals surface area contributed by atoms with E-state index in [2.05, 4.69) is 0 Å². The number of rotatable bonds is 5. The number of hydrogen-bond acceptors (Lipinski definition) is 5. The molecular formula is C14H12O6S2. The van der Waals surface area contributed by atoms with Crippen molar-refractivity contribution in [2.75, 3.05) is 5.75 Å². The molecule has 0 amide bonds. The van der Waals surface area contributed by atoms with Crippen LogP contribution in [0.15, 0.2) is 52.3 Å². The lowest BCUT2D eigenvalue weighted by Crippen LogP contribution is -2.01. The van der Waals surface area contributed by atoms with Gasteiger partial charge in [0, 0.05) is 10.5 Å². The van der Waals surface area contributed by atoms with Gasteiger partial charge in [0.15, 0.2) is 0 Å². The number of carbonyl (C=O) groups is 1. The molecule has 0 unspecified atom stereocenters. The molecule has 0 aliphatic heterocycles. The number of carboxylic acid groups (broad SMARTS) is 1. The van der Waals surface area contributed by atoms with E-state index in [9.17, 15) is 22.9 Å². The average Bonchev–Trinajstić information content (AvgIpc) is 2.44. The number of aromatic hydroxyl groups is 1. The third-order valence-corrected chi connectivity index (χ3v) is 4.64. The van der Waals surface area contributed by atoms with E-state index in [4.69, 9.17) is 5.11 Å². The Morgan fingerprint density at radius 2 is 1.86 bits per heavy atom. The highest BCUT2D eigenvalue weighted by Gasteiger charge is 2.17. The standard InChI is InChI=1S/C14H12O6S2/c15-10-4-5-13(22(18,19)20)12(7-10)9-2-1-3-11(6-9)21-8-14(16)17/h1-7,15H,8H2,(H,16,17)(H,18,19,20). The summed E-state index contributed by atoms with van der Waals surface area (Å²) in [6.45, 7) is 0. The first-order valence-electron chi connectivity index (χ1n) is 6.03. The maximum Gasteiger partial charge on any atom is 0.313 e. The summed E-state index contributed by atoms with van der Waals surface area (Å²) in [5.41, 5.74) is 0.583. The van der Waals surface area contributed by atoms with E-state index in [1.807, 2.05) is 0 Å². The predicted molar refractivity (Wildman–Crippen MR) is 81.7 cm³/mol. The zero-order chi connectivity index (χ0) is 16.3. The smallest absolute Gasteiger partial charge is 0.313 e. The van der Waals surface area contributed by atoms with Gasteiger partial charge in [-0.1, -0.05) is 12.1 Å². The third-order valence-electron chi connectivity index (χ3n) is 2.75. The molecule has 3 N–H and O–H groups in total. The maximum absolute atomic E-state index is 11.4. The molecule has 2 rings (SSSR count). The van der Waals surface area contributed by atoms with Crippen LogP contribution in [0.2, 0.25) is 0 Å². The Balaban J connectivity index is 2.50. The number of aliphatic carboxylic acids is 1. The van der Waals surface area contributed by atoms with Crippen molar-refractivity contribution in [2.24, 2.45) is 0 Å². The molecule has 22 heavy (non-hydrogen) atoms. The van der Waals surface area contributed by atoms with Crippen LogP contribution in [0.3, 0.4) is 0 Å². The monoisotopic (exact) mass is 340 g/mol. The van der Waals surface area contributed by atoms with Crippen molar-refractivity contribution in [3.63, 3.8) is 0 Å². The fourth-order valence-electron chi connectivity index (χ4n) is 1.87. The van der Waals surface area contributed by atoms with Crippen molar-refractivity contribution >= 4 is 27.8 Å². The Bertz CT molecular complexity index is 814. The molecule has 6 nitrogen and oxygen atoms in total. The quantitative estimate of drug-likeness (QED) is 0.566. The molecule has 0 atom stereocenters. The molecule has 116 valence electrons. The number of hydrogen-bond donors (Lipinski definition) is 3. The highest BCUT2D eigenvalue weighted by molar-refractivity contribution is 8.00. The van der Waals surface area contributed by atoms with Crippen molar-refractivity contribution in [1.82, 2.24) is 0 Å². The van der Waals surface area contributed by atoms with E-state index in [1.54, 1.807) is 24.3 Å². The van der Waals surface area contributed by atoms with Crippen molar-refractivity contribution in [3.8, 4) is 16.9 Å². The van der Waals surface area contributed by atoms with E-state index in [0.29, 0.717) is 10.5 Å². The first-order chi connectivity index (χ1) is 10.3. The molecule has 0 aromatic heterocycles. The summed E-state index contributed by atoms with van der Waals surface area (Å²) in [4.78, 5) is 10.9. The van der Waals surface area contributed by atoms with E-state index in [1.165, 1.54) is 6.07 Å². The predicted octanol–water partition coefficient (Wildman–Crippen LogP) is 2.48. The summed E-state index contributed by atoms with van der Waals surface area (Å²) in [7, 11) is -4.45. The fraction of sp³-hybridized carbons (Fsp3) is 0.0714. The van der Waals surface area contributed by atoms with Gasteiger partial charge in [0.2, 0.25) is 0 Å². The van der Waals surface area contributed by atoms with Crippen LogP contribution in [0.1, 0.15) is 0 Å². The van der Waals surface area contributed by atoms with E-state index in [0.717, 1.165) is 23.9 Å². The molecule has 0 aliphatic carbocycles. The van der Waals surface area contributed by atoms with Gasteiger partial charge in [-0.25, -0.2) is 0 Å². The van der Waals surface area contributed by atoms with Crippen molar-refractivity contribution < 1.29 is 28.0 Å². The number of carboxylic acids is 1. The van der Waals surface area contributed by atoms with Crippen LogP contribution in [0, 0.1) is 0 Å². The lowest BCUT2D eigenvalue weighted by atomic mass is 10.1. The zero-order valence-electron chi connectivity index (χ0n) is 11.1. The normalized spacial score (nSPS) is 11.3. The number of benzene rings is 2. The second kappa shape index (κ2) is 6.39. The van der Waals surface area contributed by atoms with Gasteiger partial charge in [0.25, 0.3) is 10.1 Å². The van der Waals surface area contributed by atoms with Crippen LogP contribution in [-0.2, 0) is 14.9 Å². The molecule has 0 aliphatic rings. The molecule has 0 fully saturated rings. The topological polar surface area (TPSA) is 112 Å². The molecule has 2 aromatic rings. The Hall–Kier alpha value is -2.03. The van der Waals surface area contributed by atoms with E-state index < -0.39 is 16.1 Å². The lowest BCUT2D eigenvalue weighted by Gasteiger charge is -2.09. The van der Waals surface area contributed by atoms with Crippen molar-refractivity contribution in [1.29, 1.82) is 0 Å². The summed E-state index contributed by atoms with van der Waals surface area (Å²) in [5.74, 6) is -1.24. The number of thioether (sulfide) groups is 1. The molecule has 0 saturated carbocycles. The highest BCUT2D eigenvalue weighted by Crippen LogP contribution is 2.32. The van der Waals surface area contributed by atoms with E-state index >= 15 is 0 Å². The van der Waals surface area contributed by atoms with Crippen molar-refractivity contribution in [3.05, 3.63) is 42.5 Å². The van der Waals surface area contributed by atoms with Crippen LogP contribution < -0.4 is 0 Å². The average molecular weight is 340 g/mol. The molecule has 0 saturated heterocycles. The van der Waals surface area contributed by atoms with Gasteiger partial charge in [-0.15, -0.1) is 11.8 Å². The van der Waals surface area contributed by atoms with Gasteiger partial charge in [0.1, 0.15) is 10.6 Å². The zero-order valence-corrected chi connectivity index (χ0v) is 12.8. The molecule has 2 aromatic carbocycles. The van der Waals surface area contributed by atoms with Crippen LogP contribution in [0.25, 0.3) is 11.1 Å². The summed E-state index contributed by atoms with van der Waals surface area (Å²) >= 11 is 1.08.